The molecule has 3 heterocycles. The number of hydrogen-bond acceptors (Lipinski definition) is 4. The molecule has 25 heavy (non-hydrogen) atoms. The third-order valence-corrected chi connectivity index (χ3v) is 5.34. The molecule has 0 fully saturated rings. The number of hydrogen-bond donors (Lipinski definition) is 1. The Morgan fingerprint density at radius 2 is 2.24 bits per heavy atom. The van der Waals surface area contributed by atoms with E-state index < -0.39 is 0 Å². The van der Waals surface area contributed by atoms with E-state index in [9.17, 15) is 4.79 Å². The van der Waals surface area contributed by atoms with Crippen LogP contribution in [0.5, 0.6) is 5.75 Å². The number of nitrogens with one attached hydrogen (secondary N) is 1. The number of benzene rings is 1. The molecule has 0 radical (unpaired) electrons. The fourth-order valence-corrected chi connectivity index (χ4v) is 3.76. The second-order valence-corrected chi connectivity index (χ2v) is 6.88. The summed E-state index contributed by atoms with van der Waals surface area (Å²) in [6.07, 6.45) is 3.60. The molecule has 0 bridgehead atoms. The lowest BCUT2D eigenvalue weighted by molar-refractivity contribution is -0.127. The maximum absolute atomic E-state index is 12.8. The van der Waals surface area contributed by atoms with Gasteiger partial charge in [-0.25, -0.2) is 4.98 Å². The molecule has 1 aromatic carbocycles. The van der Waals surface area contributed by atoms with Crippen LogP contribution in [-0.4, -0.2) is 39.6 Å². The van der Waals surface area contributed by atoms with Gasteiger partial charge in [-0.3, -0.25) is 9.69 Å². The summed E-state index contributed by atoms with van der Waals surface area (Å²) in [5, 5.41) is 3.22. The van der Waals surface area contributed by atoms with E-state index in [1.807, 2.05) is 44.6 Å². The summed E-state index contributed by atoms with van der Waals surface area (Å²) < 4.78 is 7.76. The van der Waals surface area contributed by atoms with Gasteiger partial charge >= 0.3 is 0 Å². The summed E-state index contributed by atoms with van der Waals surface area (Å²) in [5.74, 6) is 0.948. The van der Waals surface area contributed by atoms with Crippen molar-refractivity contribution in [2.45, 2.75) is 38.4 Å². The van der Waals surface area contributed by atoms with Gasteiger partial charge in [0.1, 0.15) is 5.75 Å². The van der Waals surface area contributed by atoms with E-state index in [-0.39, 0.29) is 18.0 Å². The van der Waals surface area contributed by atoms with Crippen LogP contribution in [-0.2, 0) is 24.8 Å². The van der Waals surface area contributed by atoms with E-state index >= 15 is 0 Å². The maximum Gasteiger partial charge on any atom is 0.237 e. The Morgan fingerprint density at radius 3 is 3.12 bits per heavy atom. The zero-order chi connectivity index (χ0) is 17.4. The predicted molar refractivity (Wildman–Crippen MR) is 94.2 cm³/mol. The highest BCUT2D eigenvalue weighted by Crippen LogP contribution is 2.31. The van der Waals surface area contributed by atoms with Gasteiger partial charge in [0.2, 0.25) is 5.91 Å². The second-order valence-electron chi connectivity index (χ2n) is 6.88. The van der Waals surface area contributed by atoms with Crippen LogP contribution in [0.1, 0.15) is 36.3 Å². The molecule has 2 aromatic rings. The molecule has 6 heteroatoms. The van der Waals surface area contributed by atoms with Gasteiger partial charge < -0.3 is 14.6 Å². The molecule has 0 spiro atoms. The Morgan fingerprint density at radius 1 is 1.40 bits per heavy atom. The first kappa shape index (κ1) is 16.1. The smallest absolute Gasteiger partial charge is 0.237 e. The minimum absolute atomic E-state index is 0.0232. The Kier molecular flexibility index (Phi) is 4.21. The zero-order valence-corrected chi connectivity index (χ0v) is 14.7. The average Bonchev–Trinajstić information content (AvgIpc) is 3.02. The van der Waals surface area contributed by atoms with Crippen molar-refractivity contribution >= 4 is 5.91 Å². The van der Waals surface area contributed by atoms with Gasteiger partial charge in [-0.1, -0.05) is 18.2 Å². The van der Waals surface area contributed by atoms with Gasteiger partial charge in [0, 0.05) is 44.2 Å². The first-order chi connectivity index (χ1) is 12.1. The fourth-order valence-electron chi connectivity index (χ4n) is 3.76. The zero-order valence-electron chi connectivity index (χ0n) is 14.7. The van der Waals surface area contributed by atoms with Crippen LogP contribution in [0.3, 0.4) is 0 Å². The van der Waals surface area contributed by atoms with E-state index in [2.05, 4.69) is 19.8 Å². The number of amides is 1. The molecule has 0 saturated carbocycles. The minimum atomic E-state index is -0.176. The highest BCUT2D eigenvalue weighted by atomic mass is 16.5. The van der Waals surface area contributed by atoms with Crippen LogP contribution >= 0.6 is 0 Å². The molecule has 2 aliphatic heterocycles. The van der Waals surface area contributed by atoms with Crippen LogP contribution in [0.4, 0.5) is 0 Å². The summed E-state index contributed by atoms with van der Waals surface area (Å²) in [7, 11) is 2.03. The van der Waals surface area contributed by atoms with Crippen molar-refractivity contribution in [2.75, 3.05) is 13.2 Å². The predicted octanol–water partition coefficient (Wildman–Crippen LogP) is 1.81. The Labute approximate surface area is 147 Å². The molecule has 4 rings (SSSR count). The van der Waals surface area contributed by atoms with Crippen molar-refractivity contribution in [1.82, 2.24) is 19.8 Å². The quantitative estimate of drug-likeness (QED) is 0.926. The van der Waals surface area contributed by atoms with E-state index in [1.165, 1.54) is 5.69 Å². The number of carbonyl (C=O) groups excluding carboxylic acids is 1. The largest absolute Gasteiger partial charge is 0.493 e. The molecule has 0 saturated heterocycles. The lowest BCUT2D eigenvalue weighted by Gasteiger charge is -2.33. The van der Waals surface area contributed by atoms with Crippen molar-refractivity contribution in [1.29, 1.82) is 0 Å². The van der Waals surface area contributed by atoms with E-state index in [4.69, 9.17) is 4.74 Å². The van der Waals surface area contributed by atoms with Crippen molar-refractivity contribution in [3.63, 3.8) is 0 Å². The number of fused-ring (bicyclic) bond motifs is 2. The Hall–Kier alpha value is -2.34. The number of ether oxygens (including phenoxy) is 1. The number of imidazole rings is 1. The van der Waals surface area contributed by atoms with Crippen molar-refractivity contribution in [3.8, 4) is 5.75 Å². The molecular formula is C19H24N4O2. The third-order valence-electron chi connectivity index (χ3n) is 5.34. The van der Waals surface area contributed by atoms with Gasteiger partial charge in [0.15, 0.2) is 0 Å². The number of rotatable bonds is 3. The molecule has 1 amide bonds. The highest BCUT2D eigenvalue weighted by molar-refractivity contribution is 5.82. The average molecular weight is 340 g/mol. The van der Waals surface area contributed by atoms with Crippen molar-refractivity contribution in [3.05, 3.63) is 47.5 Å². The summed E-state index contributed by atoms with van der Waals surface area (Å²) in [5.41, 5.74) is 3.44. The van der Waals surface area contributed by atoms with E-state index in [0.29, 0.717) is 6.61 Å². The third kappa shape index (κ3) is 3.02. The number of carbonyl (C=O) groups is 1. The monoisotopic (exact) mass is 340 g/mol. The number of aromatic nitrogens is 2. The normalized spacial score (nSPS) is 21.0. The summed E-state index contributed by atoms with van der Waals surface area (Å²) in [6.45, 7) is 4.23. The molecule has 0 aliphatic carbocycles. The molecule has 132 valence electrons. The minimum Gasteiger partial charge on any atom is -0.493 e. The molecule has 6 nitrogen and oxygen atoms in total. The second kappa shape index (κ2) is 6.52. The highest BCUT2D eigenvalue weighted by Gasteiger charge is 2.30. The summed E-state index contributed by atoms with van der Waals surface area (Å²) in [4.78, 5) is 19.5. The topological polar surface area (TPSA) is 59.4 Å². The molecule has 1 aromatic heterocycles. The lowest BCUT2D eigenvalue weighted by Crippen LogP contribution is -2.48. The molecule has 1 N–H and O–H groups in total. The van der Waals surface area contributed by atoms with Gasteiger partial charge in [-0.05, 0) is 13.0 Å². The number of aryl methyl sites for hydroxylation is 1. The molecule has 2 atom stereocenters. The molecule has 0 unspecified atom stereocenters. The lowest BCUT2D eigenvalue weighted by atomic mass is 10.00. The van der Waals surface area contributed by atoms with E-state index in [1.54, 1.807) is 0 Å². The van der Waals surface area contributed by atoms with Gasteiger partial charge in [-0.2, -0.15) is 0 Å². The van der Waals surface area contributed by atoms with Crippen LogP contribution in [0.15, 0.2) is 30.6 Å². The first-order valence-corrected chi connectivity index (χ1v) is 8.88. The van der Waals surface area contributed by atoms with Gasteiger partial charge in [0.25, 0.3) is 0 Å². The van der Waals surface area contributed by atoms with Crippen molar-refractivity contribution < 1.29 is 9.53 Å². The van der Waals surface area contributed by atoms with Crippen LogP contribution in [0, 0.1) is 0 Å². The van der Waals surface area contributed by atoms with Gasteiger partial charge in [-0.15, -0.1) is 0 Å². The maximum atomic E-state index is 12.8. The van der Waals surface area contributed by atoms with Gasteiger partial charge in [0.05, 0.1) is 30.7 Å². The van der Waals surface area contributed by atoms with Crippen LogP contribution < -0.4 is 10.1 Å². The standard InChI is InChI=1S/C19H24N4O2/c1-13(23-9-7-17-16(11-23)20-12-22(17)2)19(24)21-15-8-10-25-18-6-4-3-5-14(15)18/h3-6,12-13,15H,7-11H2,1-2H3,(H,21,24)/t13-,15+/m0/s1. The Balaban J connectivity index is 1.44. The van der Waals surface area contributed by atoms with E-state index in [0.717, 1.165) is 42.9 Å². The van der Waals surface area contributed by atoms with Crippen LogP contribution in [0.25, 0.3) is 0 Å². The fraction of sp³-hybridized carbons (Fsp3) is 0.474. The molecule has 2 aliphatic rings. The first-order valence-electron chi connectivity index (χ1n) is 8.88. The Bertz CT molecular complexity index is 785. The summed E-state index contributed by atoms with van der Waals surface area (Å²) >= 11 is 0. The summed E-state index contributed by atoms with van der Waals surface area (Å²) in [6, 6.07) is 7.79. The van der Waals surface area contributed by atoms with Crippen LogP contribution in [0.2, 0.25) is 0 Å². The van der Waals surface area contributed by atoms with Crippen molar-refractivity contribution in [2.24, 2.45) is 7.05 Å². The SMILES string of the molecule is C[C@@H](C(=O)N[C@@H]1CCOc2ccccc21)N1CCc2c(ncn2C)C1. The number of nitrogens with zero attached hydrogens (tertiary/aromatic N) is 3. The number of para-hydroxylation sites is 1. The molecular weight excluding hydrogens is 316 g/mol.